The number of likely N-dealkylation sites (tertiary alicyclic amines) is 2. The molecule has 224 valence electrons. The van der Waals surface area contributed by atoms with Gasteiger partial charge in [0.15, 0.2) is 0 Å². The van der Waals surface area contributed by atoms with Gasteiger partial charge in [-0.3, -0.25) is 19.2 Å². The van der Waals surface area contributed by atoms with E-state index < -0.39 is 12.1 Å². The molecule has 0 aromatic heterocycles. The lowest BCUT2D eigenvalue weighted by atomic mass is 10.1. The number of hydrogen-bond acceptors (Lipinski definition) is 4. The number of fused-ring (bicyclic) bond motifs is 1. The minimum atomic E-state index is -0.491. The maximum absolute atomic E-state index is 13.2. The van der Waals surface area contributed by atoms with Crippen molar-refractivity contribution in [1.82, 2.24) is 9.80 Å². The SMILES string of the molecule is O=C(Nc1ccc2cc(NC(=O)C3CCCN3C(=O)Cc3ccccc3)ccc2c1)C1CCCN1C(=O)Cc1ccccc1. The van der Waals surface area contributed by atoms with Crippen molar-refractivity contribution in [2.24, 2.45) is 0 Å². The first-order chi connectivity index (χ1) is 21.4. The highest BCUT2D eigenvalue weighted by atomic mass is 16.2. The van der Waals surface area contributed by atoms with E-state index in [1.165, 1.54) is 0 Å². The van der Waals surface area contributed by atoms with E-state index in [0.29, 0.717) is 37.3 Å². The molecule has 2 aliphatic heterocycles. The van der Waals surface area contributed by atoms with Crippen LogP contribution in [-0.2, 0) is 32.0 Å². The largest absolute Gasteiger partial charge is 0.330 e. The molecule has 0 aliphatic carbocycles. The molecule has 6 rings (SSSR count). The minimum Gasteiger partial charge on any atom is -0.330 e. The van der Waals surface area contributed by atoms with Crippen LogP contribution in [0.5, 0.6) is 0 Å². The van der Waals surface area contributed by atoms with Crippen LogP contribution >= 0.6 is 0 Å². The van der Waals surface area contributed by atoms with Gasteiger partial charge in [-0.15, -0.1) is 0 Å². The van der Waals surface area contributed by atoms with Crippen LogP contribution in [-0.4, -0.2) is 58.6 Å². The fourth-order valence-corrected chi connectivity index (χ4v) is 6.27. The van der Waals surface area contributed by atoms with Crippen molar-refractivity contribution in [3.63, 3.8) is 0 Å². The van der Waals surface area contributed by atoms with Gasteiger partial charge < -0.3 is 20.4 Å². The molecule has 0 bridgehead atoms. The molecule has 2 aliphatic rings. The van der Waals surface area contributed by atoms with Crippen LogP contribution in [0.4, 0.5) is 11.4 Å². The minimum absolute atomic E-state index is 0.0387. The number of rotatable bonds is 8. The molecule has 2 saturated heterocycles. The van der Waals surface area contributed by atoms with Crippen molar-refractivity contribution < 1.29 is 19.2 Å². The molecule has 2 fully saturated rings. The molecule has 2 unspecified atom stereocenters. The average Bonchev–Trinajstić information content (AvgIpc) is 3.73. The van der Waals surface area contributed by atoms with E-state index >= 15 is 0 Å². The number of nitrogens with one attached hydrogen (secondary N) is 2. The number of nitrogens with zero attached hydrogens (tertiary/aromatic N) is 2. The van der Waals surface area contributed by atoms with E-state index in [4.69, 9.17) is 0 Å². The predicted octanol–water partition coefficient (Wildman–Crippen LogP) is 5.18. The molecule has 8 nitrogen and oxygen atoms in total. The number of benzene rings is 4. The molecule has 4 aromatic rings. The molecule has 2 atom stereocenters. The molecular weight excluding hydrogens is 552 g/mol. The van der Waals surface area contributed by atoms with Crippen molar-refractivity contribution in [2.75, 3.05) is 23.7 Å². The number of carbonyl (C=O) groups is 4. The van der Waals surface area contributed by atoms with Crippen LogP contribution in [0.1, 0.15) is 36.8 Å². The average molecular weight is 589 g/mol. The molecule has 44 heavy (non-hydrogen) atoms. The summed E-state index contributed by atoms with van der Waals surface area (Å²) >= 11 is 0. The fraction of sp³-hybridized carbons (Fsp3) is 0.278. The van der Waals surface area contributed by atoms with E-state index in [-0.39, 0.29) is 36.5 Å². The molecule has 8 heteroatoms. The van der Waals surface area contributed by atoms with Gasteiger partial charge in [0.2, 0.25) is 23.6 Å². The van der Waals surface area contributed by atoms with Gasteiger partial charge in [-0.05, 0) is 71.8 Å². The maximum atomic E-state index is 13.2. The van der Waals surface area contributed by atoms with Crippen molar-refractivity contribution in [3.05, 3.63) is 108 Å². The van der Waals surface area contributed by atoms with Gasteiger partial charge in [0.05, 0.1) is 12.8 Å². The summed E-state index contributed by atoms with van der Waals surface area (Å²) in [6, 6.07) is 29.4. The van der Waals surface area contributed by atoms with Crippen molar-refractivity contribution in [2.45, 2.75) is 50.6 Å². The summed E-state index contributed by atoms with van der Waals surface area (Å²) in [7, 11) is 0. The van der Waals surface area contributed by atoms with Crippen molar-refractivity contribution in [1.29, 1.82) is 0 Å². The first-order valence-corrected chi connectivity index (χ1v) is 15.3. The summed E-state index contributed by atoms with van der Waals surface area (Å²) in [4.78, 5) is 55.8. The van der Waals surface area contributed by atoms with Gasteiger partial charge >= 0.3 is 0 Å². The third kappa shape index (κ3) is 6.64. The molecule has 0 spiro atoms. The van der Waals surface area contributed by atoms with Gasteiger partial charge in [-0.1, -0.05) is 72.8 Å². The topological polar surface area (TPSA) is 98.8 Å². The van der Waals surface area contributed by atoms with Crippen molar-refractivity contribution in [3.8, 4) is 0 Å². The van der Waals surface area contributed by atoms with E-state index in [1.54, 1.807) is 9.80 Å². The summed E-state index contributed by atoms with van der Waals surface area (Å²) in [5, 5.41) is 7.82. The maximum Gasteiger partial charge on any atom is 0.247 e. The van der Waals surface area contributed by atoms with Gasteiger partial charge in [0.25, 0.3) is 0 Å². The molecule has 0 saturated carbocycles. The highest BCUT2D eigenvalue weighted by Crippen LogP contribution is 2.26. The normalized spacial score (nSPS) is 17.9. The first kappa shape index (κ1) is 29.1. The lowest BCUT2D eigenvalue weighted by Gasteiger charge is -2.24. The van der Waals surface area contributed by atoms with E-state index in [1.807, 2.05) is 97.1 Å². The van der Waals surface area contributed by atoms with E-state index in [2.05, 4.69) is 10.6 Å². The zero-order valence-electron chi connectivity index (χ0n) is 24.6. The van der Waals surface area contributed by atoms with Crippen LogP contribution in [0.3, 0.4) is 0 Å². The summed E-state index contributed by atoms with van der Waals surface area (Å²) in [6.45, 7) is 1.16. The zero-order chi connectivity index (χ0) is 30.5. The standard InChI is InChI=1S/C36H36N4O4/c41-33(21-25-9-3-1-4-10-25)39-19-7-13-31(39)35(43)37-29-17-15-28-24-30(18-16-27(28)23-29)38-36(44)32-14-8-20-40(32)34(42)22-26-11-5-2-6-12-26/h1-6,9-12,15-18,23-24,31-32H,7-8,13-14,19-22H2,(H,37,43)(H,38,44). The molecule has 2 N–H and O–H groups in total. The Hall–Kier alpha value is -4.98. The van der Waals surface area contributed by atoms with E-state index in [0.717, 1.165) is 34.7 Å². The highest BCUT2D eigenvalue weighted by Gasteiger charge is 2.35. The third-order valence-corrected chi connectivity index (χ3v) is 8.52. The van der Waals surface area contributed by atoms with E-state index in [9.17, 15) is 19.2 Å². The Balaban J connectivity index is 1.07. The quantitative estimate of drug-likeness (QED) is 0.296. The summed E-state index contributed by atoms with van der Waals surface area (Å²) in [5.74, 6) is -0.448. The van der Waals surface area contributed by atoms with Gasteiger partial charge in [-0.2, -0.15) is 0 Å². The Kier molecular flexibility index (Phi) is 8.68. The molecule has 2 heterocycles. The Morgan fingerprint density at radius 1 is 0.568 bits per heavy atom. The molecular formula is C36H36N4O4. The third-order valence-electron chi connectivity index (χ3n) is 8.52. The summed E-state index contributed by atoms with van der Waals surface area (Å²) in [5.41, 5.74) is 3.18. The van der Waals surface area contributed by atoms with Crippen LogP contribution in [0.15, 0.2) is 97.1 Å². The second-order valence-electron chi connectivity index (χ2n) is 11.6. The Morgan fingerprint density at radius 2 is 0.977 bits per heavy atom. The highest BCUT2D eigenvalue weighted by molar-refractivity contribution is 6.01. The van der Waals surface area contributed by atoms with Crippen LogP contribution in [0.2, 0.25) is 0 Å². The number of hydrogen-bond donors (Lipinski definition) is 2. The fourth-order valence-electron chi connectivity index (χ4n) is 6.27. The van der Waals surface area contributed by atoms with Crippen LogP contribution in [0, 0.1) is 0 Å². The second kappa shape index (κ2) is 13.1. The predicted molar refractivity (Wildman–Crippen MR) is 171 cm³/mol. The van der Waals surface area contributed by atoms with Gasteiger partial charge in [-0.25, -0.2) is 0 Å². The number of carbonyl (C=O) groups excluding carboxylic acids is 4. The van der Waals surface area contributed by atoms with Crippen LogP contribution in [0.25, 0.3) is 10.8 Å². The molecule has 0 radical (unpaired) electrons. The zero-order valence-corrected chi connectivity index (χ0v) is 24.6. The molecule has 4 aromatic carbocycles. The number of anilines is 2. The van der Waals surface area contributed by atoms with Gasteiger partial charge in [0.1, 0.15) is 12.1 Å². The Labute approximate surface area is 257 Å². The smallest absolute Gasteiger partial charge is 0.247 e. The Bertz CT molecular complexity index is 1550. The van der Waals surface area contributed by atoms with Gasteiger partial charge in [0, 0.05) is 24.5 Å². The monoisotopic (exact) mass is 588 g/mol. The van der Waals surface area contributed by atoms with Crippen LogP contribution < -0.4 is 10.6 Å². The number of amides is 4. The summed E-state index contributed by atoms with van der Waals surface area (Å²) < 4.78 is 0. The molecule has 4 amide bonds. The summed E-state index contributed by atoms with van der Waals surface area (Å²) in [6.07, 6.45) is 3.43. The lowest BCUT2D eigenvalue weighted by molar-refractivity contribution is -0.136. The first-order valence-electron chi connectivity index (χ1n) is 15.3. The van der Waals surface area contributed by atoms with Crippen molar-refractivity contribution >= 4 is 45.8 Å². The Morgan fingerprint density at radius 3 is 1.39 bits per heavy atom. The second-order valence-corrected chi connectivity index (χ2v) is 11.6. The lowest BCUT2D eigenvalue weighted by Crippen LogP contribution is -2.43.